The fourth-order valence-corrected chi connectivity index (χ4v) is 1.46. The van der Waals surface area contributed by atoms with E-state index in [1.54, 1.807) is 0 Å². The molecule has 0 aromatic rings. The van der Waals surface area contributed by atoms with Crippen molar-refractivity contribution in [3.05, 3.63) is 0 Å². The molecule has 0 N–H and O–H groups in total. The molecule has 0 rings (SSSR count). The molecule has 0 saturated heterocycles. The molecule has 0 spiro atoms. The van der Waals surface area contributed by atoms with Crippen LogP contribution in [-0.4, -0.2) is 15.8 Å². The summed E-state index contributed by atoms with van der Waals surface area (Å²) in [6.07, 6.45) is 4.38. The molecule has 1 atom stereocenters. The van der Waals surface area contributed by atoms with Gasteiger partial charge >= 0.3 is 38.7 Å². The summed E-state index contributed by atoms with van der Waals surface area (Å²) in [5, 5.41) is 0. The van der Waals surface area contributed by atoms with Gasteiger partial charge in [0.2, 0.25) is 0 Å². The van der Waals surface area contributed by atoms with Gasteiger partial charge in [-0.3, -0.25) is 0 Å². The minimum absolute atomic E-state index is 0. The minimum Gasteiger partial charge on any atom is -0.588 e. The zero-order chi connectivity index (χ0) is 9.40. The van der Waals surface area contributed by atoms with Crippen molar-refractivity contribution in [1.82, 2.24) is 0 Å². The summed E-state index contributed by atoms with van der Waals surface area (Å²) in [7, 11) is -2.96. The third kappa shape index (κ3) is 10.5. The fraction of sp³-hybridized carbons (Fsp3) is 1.00. The van der Waals surface area contributed by atoms with Crippen molar-refractivity contribution >= 4 is 9.17 Å². The molecular weight excluding hydrogens is 195 g/mol. The molecule has 1 unspecified atom stereocenters. The van der Waals surface area contributed by atoms with Crippen LogP contribution in [0.2, 0.25) is 0 Å². The quantitative estimate of drug-likeness (QED) is 0.459. The van der Waals surface area contributed by atoms with Gasteiger partial charge in [0.1, 0.15) is 0 Å². The van der Waals surface area contributed by atoms with Crippen LogP contribution >= 0.6 is 0 Å². The monoisotopic (exact) mass is 212 g/mol. The van der Waals surface area contributed by atoms with E-state index >= 15 is 0 Å². The van der Waals surface area contributed by atoms with E-state index in [9.17, 15) is 9.26 Å². The summed E-state index contributed by atoms with van der Waals surface area (Å²) in [5.74, 6) is 0.410. The van der Waals surface area contributed by atoms with Gasteiger partial charge in [-0.25, -0.2) is 0 Å². The van der Waals surface area contributed by atoms with Gasteiger partial charge in [0.05, 0.1) is 0 Å². The predicted molar refractivity (Wildman–Crippen MR) is 45.7 cm³/mol. The van der Waals surface area contributed by atoms with Crippen molar-refractivity contribution in [3.63, 3.8) is 0 Å². The largest absolute Gasteiger partial charge is 1.00 e. The van der Waals surface area contributed by atoms with E-state index in [1.807, 2.05) is 0 Å². The standard InChI is InChI=1S/C8H17O3Si.Na/c1-3-5-6-8(4-2)7-11-12(9)10;/h8H,3-7H2,1-2H3;/q-1;+1. The van der Waals surface area contributed by atoms with E-state index in [0.717, 1.165) is 25.7 Å². The first-order valence-electron chi connectivity index (χ1n) is 4.54. The van der Waals surface area contributed by atoms with Gasteiger partial charge in [-0.2, -0.15) is 0 Å². The van der Waals surface area contributed by atoms with Crippen LogP contribution in [0.4, 0.5) is 0 Å². The average molecular weight is 212 g/mol. The van der Waals surface area contributed by atoms with Crippen molar-refractivity contribution in [2.24, 2.45) is 5.92 Å². The third-order valence-corrected chi connectivity index (χ3v) is 2.38. The number of hydrogen-bond acceptors (Lipinski definition) is 3. The van der Waals surface area contributed by atoms with E-state index in [0.29, 0.717) is 12.5 Å². The van der Waals surface area contributed by atoms with Gasteiger partial charge in [-0.15, -0.1) is 0 Å². The summed E-state index contributed by atoms with van der Waals surface area (Å²) in [4.78, 5) is 10.1. The Bertz CT molecular complexity index is 133. The number of hydrogen-bond donors (Lipinski definition) is 0. The summed E-state index contributed by atoms with van der Waals surface area (Å²) in [6.45, 7) is 4.56. The van der Waals surface area contributed by atoms with Crippen LogP contribution in [0.5, 0.6) is 0 Å². The van der Waals surface area contributed by atoms with Crippen LogP contribution in [-0.2, 0) is 8.89 Å². The Morgan fingerprint density at radius 2 is 2.08 bits per heavy atom. The molecule has 0 radical (unpaired) electrons. The first kappa shape index (κ1) is 16.1. The zero-order valence-electron chi connectivity index (χ0n) is 8.84. The first-order valence-corrected chi connectivity index (χ1v) is 5.76. The third-order valence-electron chi connectivity index (χ3n) is 1.98. The number of rotatable bonds is 7. The van der Waals surface area contributed by atoms with Crippen LogP contribution < -0.4 is 34.4 Å². The van der Waals surface area contributed by atoms with E-state index in [4.69, 9.17) is 0 Å². The summed E-state index contributed by atoms with van der Waals surface area (Å²) in [5.41, 5.74) is 0. The van der Waals surface area contributed by atoms with Gasteiger partial charge in [0, 0.05) is 6.61 Å². The first-order chi connectivity index (χ1) is 5.70. The Labute approximate surface area is 104 Å². The van der Waals surface area contributed by atoms with Crippen molar-refractivity contribution in [3.8, 4) is 0 Å². The molecule has 13 heavy (non-hydrogen) atoms. The van der Waals surface area contributed by atoms with Gasteiger partial charge in [0.25, 0.3) is 0 Å². The average Bonchev–Trinajstić information content (AvgIpc) is 2.05. The summed E-state index contributed by atoms with van der Waals surface area (Å²) in [6, 6.07) is 0. The van der Waals surface area contributed by atoms with E-state index < -0.39 is 9.17 Å². The van der Waals surface area contributed by atoms with Gasteiger partial charge in [0.15, 0.2) is 0 Å². The predicted octanol–water partition coefficient (Wildman–Crippen LogP) is -2.00. The van der Waals surface area contributed by atoms with E-state index in [1.165, 1.54) is 0 Å². The second kappa shape index (κ2) is 10.7. The normalized spacial score (nSPS) is 11.5. The van der Waals surface area contributed by atoms with Gasteiger partial charge in [-0.1, -0.05) is 33.1 Å². The molecule has 0 aliphatic heterocycles. The van der Waals surface area contributed by atoms with Crippen molar-refractivity contribution in [2.75, 3.05) is 6.61 Å². The topological polar surface area (TPSA) is 49.4 Å². The molecule has 72 valence electrons. The summed E-state index contributed by atoms with van der Waals surface area (Å²) < 4.78 is 14.7. The maximum Gasteiger partial charge on any atom is 1.00 e. The van der Waals surface area contributed by atoms with Crippen LogP contribution in [0.1, 0.15) is 39.5 Å². The van der Waals surface area contributed by atoms with Gasteiger partial charge in [-0.05, 0) is 12.3 Å². The Balaban J connectivity index is 0. The molecule has 0 heterocycles. The van der Waals surface area contributed by atoms with Crippen LogP contribution in [0.3, 0.4) is 0 Å². The molecule has 0 aromatic carbocycles. The molecule has 0 bridgehead atoms. The van der Waals surface area contributed by atoms with E-state index in [2.05, 4.69) is 18.3 Å². The molecule has 5 heteroatoms. The molecule has 3 nitrogen and oxygen atoms in total. The van der Waals surface area contributed by atoms with Crippen LogP contribution in [0, 0.1) is 5.92 Å². The minimum atomic E-state index is -2.96. The second-order valence-electron chi connectivity index (χ2n) is 2.98. The Hall–Kier alpha value is 0.617. The fourth-order valence-electron chi connectivity index (χ4n) is 1.08. The molecule has 0 aliphatic rings. The molecule has 0 fully saturated rings. The van der Waals surface area contributed by atoms with Crippen LogP contribution in [0.15, 0.2) is 0 Å². The Morgan fingerprint density at radius 3 is 2.46 bits per heavy atom. The van der Waals surface area contributed by atoms with Crippen molar-refractivity contribution in [1.29, 1.82) is 0 Å². The zero-order valence-corrected chi connectivity index (χ0v) is 11.8. The maximum absolute atomic E-state index is 10.1. The Kier molecular flexibility index (Phi) is 13.2. The molecular formula is C8H17NaO3Si. The second-order valence-corrected chi connectivity index (χ2v) is 3.77. The molecule has 0 aromatic heterocycles. The van der Waals surface area contributed by atoms with Crippen molar-refractivity contribution in [2.45, 2.75) is 39.5 Å². The van der Waals surface area contributed by atoms with Gasteiger partial charge < -0.3 is 13.7 Å². The van der Waals surface area contributed by atoms with Crippen molar-refractivity contribution < 1.29 is 43.2 Å². The summed E-state index contributed by atoms with van der Waals surface area (Å²) >= 11 is 0. The molecule has 0 saturated carbocycles. The van der Waals surface area contributed by atoms with Crippen LogP contribution in [0.25, 0.3) is 0 Å². The smallest absolute Gasteiger partial charge is 0.588 e. The molecule has 0 amide bonds. The SMILES string of the molecule is CCCCC(CC)CO[Si](=O)[O-].[Na+]. The molecule has 0 aliphatic carbocycles. The number of unbranched alkanes of at least 4 members (excludes halogenated alkanes) is 1. The maximum atomic E-state index is 10.1. The Morgan fingerprint density at radius 1 is 1.46 bits per heavy atom. The van der Waals surface area contributed by atoms with E-state index in [-0.39, 0.29) is 29.6 Å².